The molecule has 35 heavy (non-hydrogen) atoms. The number of nitrogens with one attached hydrogen (secondary N) is 2. The van der Waals surface area contributed by atoms with E-state index in [1.165, 1.54) is 11.8 Å². The average molecular weight is 496 g/mol. The highest BCUT2D eigenvalue weighted by Crippen LogP contribution is 2.44. The number of hydrogen-bond donors (Lipinski definition) is 3. The van der Waals surface area contributed by atoms with Crippen molar-refractivity contribution in [1.82, 2.24) is 15.8 Å². The third-order valence-electron chi connectivity index (χ3n) is 5.85. The summed E-state index contributed by atoms with van der Waals surface area (Å²) in [6.45, 7) is 0.0419. The van der Waals surface area contributed by atoms with Crippen LogP contribution in [0.25, 0.3) is 11.1 Å². The Morgan fingerprint density at radius 3 is 2.40 bits per heavy atom. The predicted octanol–water partition coefficient (Wildman–Crippen LogP) is 3.65. The number of carboxylic acids is 1. The summed E-state index contributed by atoms with van der Waals surface area (Å²) in [7, 11) is 0. The lowest BCUT2D eigenvalue weighted by molar-refractivity contribution is -0.139. The molecule has 2 amide bonds. The fourth-order valence-corrected chi connectivity index (χ4v) is 4.58. The largest absolute Gasteiger partial charge is 0.480 e. The van der Waals surface area contributed by atoms with Gasteiger partial charge in [0.15, 0.2) is 0 Å². The standard InChI is InChI=1S/C25H25N3O6S/c1-35-11-10-21(24(30)31)27-23(29)20-14-34-28-22(20)12-26-25(32)33-13-19-17-8-4-2-6-15(17)16-7-3-5-9-18(16)19/h2-9,14,19,21H,10-13H2,1H3,(H,26,32)(H,27,29)(H,30,31)/t21-/m0/s1. The lowest BCUT2D eigenvalue weighted by Gasteiger charge is -2.15. The molecule has 0 saturated carbocycles. The summed E-state index contributed by atoms with van der Waals surface area (Å²) in [5, 5.41) is 18.1. The van der Waals surface area contributed by atoms with Crippen molar-refractivity contribution in [2.75, 3.05) is 18.6 Å². The van der Waals surface area contributed by atoms with Gasteiger partial charge in [0.2, 0.25) is 0 Å². The third kappa shape index (κ3) is 5.48. The molecule has 10 heteroatoms. The summed E-state index contributed by atoms with van der Waals surface area (Å²) in [5.74, 6) is -1.25. The zero-order valence-electron chi connectivity index (χ0n) is 19.0. The van der Waals surface area contributed by atoms with Crippen molar-refractivity contribution < 1.29 is 28.8 Å². The number of carbonyl (C=O) groups excluding carboxylic acids is 2. The first-order valence-corrected chi connectivity index (χ1v) is 12.4. The van der Waals surface area contributed by atoms with Crippen LogP contribution in [-0.2, 0) is 16.1 Å². The van der Waals surface area contributed by atoms with Gasteiger partial charge in [0.1, 0.15) is 30.2 Å². The highest BCUT2D eigenvalue weighted by Gasteiger charge is 2.29. The van der Waals surface area contributed by atoms with Crippen molar-refractivity contribution in [2.24, 2.45) is 0 Å². The zero-order valence-corrected chi connectivity index (χ0v) is 19.8. The van der Waals surface area contributed by atoms with E-state index in [0.717, 1.165) is 28.5 Å². The zero-order chi connectivity index (χ0) is 24.8. The van der Waals surface area contributed by atoms with Gasteiger partial charge in [-0.3, -0.25) is 4.79 Å². The molecular formula is C25H25N3O6S. The molecule has 9 nitrogen and oxygen atoms in total. The Balaban J connectivity index is 1.34. The number of aromatic nitrogens is 1. The van der Waals surface area contributed by atoms with Gasteiger partial charge in [-0.1, -0.05) is 53.7 Å². The quantitative estimate of drug-likeness (QED) is 0.389. The predicted molar refractivity (Wildman–Crippen MR) is 130 cm³/mol. The van der Waals surface area contributed by atoms with Crippen molar-refractivity contribution in [1.29, 1.82) is 0 Å². The van der Waals surface area contributed by atoms with Crippen LogP contribution in [0.3, 0.4) is 0 Å². The molecule has 0 radical (unpaired) electrons. The number of rotatable bonds is 10. The number of carboxylic acid groups (broad SMARTS) is 1. The number of benzene rings is 2. The minimum Gasteiger partial charge on any atom is -0.480 e. The van der Waals surface area contributed by atoms with Crippen molar-refractivity contribution in [3.05, 3.63) is 77.2 Å². The second-order valence-corrected chi connectivity index (χ2v) is 8.99. The Morgan fingerprint density at radius 2 is 1.77 bits per heavy atom. The molecule has 0 fully saturated rings. The first-order chi connectivity index (χ1) is 17.0. The molecule has 0 saturated heterocycles. The molecule has 1 aliphatic carbocycles. The van der Waals surface area contributed by atoms with Crippen LogP contribution in [0.2, 0.25) is 0 Å². The van der Waals surface area contributed by atoms with Crippen LogP contribution in [0.1, 0.15) is 39.5 Å². The molecular weight excluding hydrogens is 470 g/mol. The number of alkyl carbamates (subject to hydrolysis) is 1. The molecule has 0 bridgehead atoms. The van der Waals surface area contributed by atoms with Crippen LogP contribution in [0.15, 0.2) is 59.3 Å². The van der Waals surface area contributed by atoms with Gasteiger partial charge in [-0.2, -0.15) is 11.8 Å². The van der Waals surface area contributed by atoms with Crippen molar-refractivity contribution >= 4 is 29.7 Å². The Bertz CT molecular complexity index is 1180. The van der Waals surface area contributed by atoms with Crippen molar-refractivity contribution in [3.8, 4) is 11.1 Å². The van der Waals surface area contributed by atoms with E-state index in [1.54, 1.807) is 0 Å². The summed E-state index contributed by atoms with van der Waals surface area (Å²) in [4.78, 5) is 36.4. The topological polar surface area (TPSA) is 131 Å². The van der Waals surface area contributed by atoms with Gasteiger partial charge in [0.05, 0.1) is 6.54 Å². The number of nitrogens with zero attached hydrogens (tertiary/aromatic N) is 1. The van der Waals surface area contributed by atoms with Crippen LogP contribution in [0, 0.1) is 0 Å². The van der Waals surface area contributed by atoms with Crippen molar-refractivity contribution in [2.45, 2.75) is 24.9 Å². The Morgan fingerprint density at radius 1 is 1.11 bits per heavy atom. The molecule has 3 aromatic rings. The van der Waals surface area contributed by atoms with E-state index in [0.29, 0.717) is 5.75 Å². The van der Waals surface area contributed by atoms with E-state index >= 15 is 0 Å². The second kappa shape index (κ2) is 11.1. The second-order valence-electron chi connectivity index (χ2n) is 8.00. The maximum Gasteiger partial charge on any atom is 0.407 e. The number of hydrogen-bond acceptors (Lipinski definition) is 7. The third-order valence-corrected chi connectivity index (χ3v) is 6.49. The maximum atomic E-state index is 12.6. The van der Waals surface area contributed by atoms with E-state index in [9.17, 15) is 19.5 Å². The number of aliphatic carboxylic acids is 1. The van der Waals surface area contributed by atoms with E-state index in [1.807, 2.05) is 42.7 Å². The number of fused-ring (bicyclic) bond motifs is 3. The first kappa shape index (κ1) is 24.3. The monoisotopic (exact) mass is 495 g/mol. The van der Waals surface area contributed by atoms with Gasteiger partial charge in [-0.15, -0.1) is 0 Å². The molecule has 3 N–H and O–H groups in total. The molecule has 0 aliphatic heterocycles. The number of ether oxygens (including phenoxy) is 1. The number of thioether (sulfide) groups is 1. The van der Waals surface area contributed by atoms with Crippen LogP contribution >= 0.6 is 11.8 Å². The molecule has 2 aromatic carbocycles. The molecule has 1 aliphatic rings. The SMILES string of the molecule is CSCC[C@H](NC(=O)c1conc1CNC(=O)OCC1c2ccccc2-c2ccccc21)C(=O)O. The Hall–Kier alpha value is -3.79. The molecule has 0 unspecified atom stereocenters. The van der Waals surface area contributed by atoms with Crippen LogP contribution in [0.4, 0.5) is 4.79 Å². The summed E-state index contributed by atoms with van der Waals surface area (Å²) < 4.78 is 10.4. The number of amides is 2. The van der Waals surface area contributed by atoms with Crippen LogP contribution < -0.4 is 10.6 Å². The molecule has 182 valence electrons. The Labute approximate surface area is 206 Å². The minimum absolute atomic E-state index is 0.0550. The minimum atomic E-state index is -1.12. The summed E-state index contributed by atoms with van der Waals surface area (Å²) in [5.41, 5.74) is 4.70. The molecule has 1 aromatic heterocycles. The van der Waals surface area contributed by atoms with Crippen molar-refractivity contribution in [3.63, 3.8) is 0 Å². The summed E-state index contributed by atoms with van der Waals surface area (Å²) >= 11 is 1.49. The molecule has 1 atom stereocenters. The molecule has 0 spiro atoms. The van der Waals surface area contributed by atoms with E-state index < -0.39 is 24.0 Å². The fraction of sp³-hybridized carbons (Fsp3) is 0.280. The van der Waals surface area contributed by atoms with Gasteiger partial charge in [-0.25, -0.2) is 9.59 Å². The maximum absolute atomic E-state index is 12.6. The average Bonchev–Trinajstić information content (AvgIpc) is 3.46. The van der Waals surface area contributed by atoms with E-state index in [-0.39, 0.29) is 36.7 Å². The smallest absolute Gasteiger partial charge is 0.407 e. The van der Waals surface area contributed by atoms with Gasteiger partial charge >= 0.3 is 12.1 Å². The van der Waals surface area contributed by atoms with Crippen LogP contribution in [0.5, 0.6) is 0 Å². The van der Waals surface area contributed by atoms with Gasteiger partial charge in [0, 0.05) is 5.92 Å². The van der Waals surface area contributed by atoms with Gasteiger partial charge < -0.3 is 25.0 Å². The lowest BCUT2D eigenvalue weighted by atomic mass is 9.98. The van der Waals surface area contributed by atoms with E-state index in [4.69, 9.17) is 9.26 Å². The summed E-state index contributed by atoms with van der Waals surface area (Å²) in [6.07, 6.45) is 2.59. The molecule has 1 heterocycles. The van der Waals surface area contributed by atoms with Gasteiger partial charge in [0.25, 0.3) is 5.91 Å². The van der Waals surface area contributed by atoms with Gasteiger partial charge in [-0.05, 0) is 40.7 Å². The highest BCUT2D eigenvalue weighted by atomic mass is 32.2. The molecule has 4 rings (SSSR count). The lowest BCUT2D eigenvalue weighted by Crippen LogP contribution is -2.41. The normalized spacial score (nSPS) is 12.9. The Kier molecular flexibility index (Phi) is 7.71. The fourth-order valence-electron chi connectivity index (χ4n) is 4.11. The highest BCUT2D eigenvalue weighted by molar-refractivity contribution is 7.98. The van der Waals surface area contributed by atoms with E-state index in [2.05, 4.69) is 27.9 Å². The number of carbonyl (C=O) groups is 3. The van der Waals surface area contributed by atoms with Crippen LogP contribution in [-0.4, -0.2) is 52.9 Å². The first-order valence-electron chi connectivity index (χ1n) is 11.0. The summed E-state index contributed by atoms with van der Waals surface area (Å²) in [6, 6.07) is 15.0.